The van der Waals surface area contributed by atoms with E-state index in [1.54, 1.807) is 16.8 Å². The lowest BCUT2D eigenvalue weighted by atomic mass is 9.96. The number of benzene rings is 3. The summed E-state index contributed by atoms with van der Waals surface area (Å²) >= 11 is 0. The molecular formula is C33H38N4O4. The van der Waals surface area contributed by atoms with E-state index in [9.17, 15) is 14.7 Å². The van der Waals surface area contributed by atoms with Crippen molar-refractivity contribution in [2.75, 3.05) is 32.1 Å². The predicted molar refractivity (Wildman–Crippen MR) is 162 cm³/mol. The molecule has 4 aromatic rings. The first kappa shape index (κ1) is 28.4. The van der Waals surface area contributed by atoms with Gasteiger partial charge in [-0.2, -0.15) is 0 Å². The Kier molecular flexibility index (Phi) is 8.42. The first-order valence-corrected chi connectivity index (χ1v) is 14.1. The molecule has 3 amide bonds. The number of carbonyl (C=O) groups is 2. The van der Waals surface area contributed by atoms with Crippen LogP contribution < -0.4 is 5.32 Å². The van der Waals surface area contributed by atoms with Crippen molar-refractivity contribution in [2.24, 2.45) is 13.0 Å². The topological polar surface area (TPSA) is 87.0 Å². The lowest BCUT2D eigenvalue weighted by Gasteiger charge is -2.35. The highest BCUT2D eigenvalue weighted by atomic mass is 16.5. The summed E-state index contributed by atoms with van der Waals surface area (Å²) in [5.41, 5.74) is 5.04. The van der Waals surface area contributed by atoms with Crippen molar-refractivity contribution in [2.45, 2.75) is 32.6 Å². The number of aliphatic hydroxyl groups is 1. The van der Waals surface area contributed by atoms with E-state index in [-0.39, 0.29) is 30.6 Å². The summed E-state index contributed by atoms with van der Waals surface area (Å²) in [6, 6.07) is 24.7. The summed E-state index contributed by atoms with van der Waals surface area (Å²) in [6.45, 7) is 4.73. The van der Waals surface area contributed by atoms with Gasteiger partial charge in [-0.05, 0) is 36.2 Å². The molecule has 2 N–H and O–H groups in total. The maximum Gasteiger partial charge on any atom is 0.321 e. The number of nitrogens with one attached hydrogen (secondary N) is 1. The summed E-state index contributed by atoms with van der Waals surface area (Å²) in [5.74, 6) is -0.277. The molecule has 0 fully saturated rings. The van der Waals surface area contributed by atoms with Gasteiger partial charge < -0.3 is 29.5 Å². The summed E-state index contributed by atoms with van der Waals surface area (Å²) in [6.07, 6.45) is -0.367. The highest BCUT2D eigenvalue weighted by Gasteiger charge is 2.34. The van der Waals surface area contributed by atoms with Gasteiger partial charge in [-0.3, -0.25) is 4.79 Å². The molecule has 1 aliphatic heterocycles. The molecule has 0 saturated carbocycles. The zero-order valence-corrected chi connectivity index (χ0v) is 24.1. The number of urea groups is 1. The number of aromatic nitrogens is 1. The van der Waals surface area contributed by atoms with Crippen LogP contribution in [0.2, 0.25) is 0 Å². The SMILES string of the molecule is C[C@H]1CN([C@@H](C)CO)C(=O)c2c(c3ccccc3n2C)-c2ccccc2CO[C@@H]1CN(C)C(=O)Nc1ccccc1. The van der Waals surface area contributed by atoms with E-state index >= 15 is 0 Å². The third-order valence-electron chi connectivity index (χ3n) is 8.05. The highest BCUT2D eigenvalue weighted by molar-refractivity contribution is 6.10. The molecular weight excluding hydrogens is 516 g/mol. The number of nitrogens with zero attached hydrogens (tertiary/aromatic N) is 3. The molecule has 1 aliphatic rings. The number of hydrogen-bond donors (Lipinski definition) is 2. The third kappa shape index (κ3) is 5.71. The number of anilines is 1. The minimum absolute atomic E-state index is 0.136. The average molecular weight is 555 g/mol. The maximum absolute atomic E-state index is 14.4. The van der Waals surface area contributed by atoms with Gasteiger partial charge in [0.15, 0.2) is 0 Å². The number of ether oxygens (including phenoxy) is 1. The highest BCUT2D eigenvalue weighted by Crippen LogP contribution is 2.38. The van der Waals surface area contributed by atoms with E-state index in [1.165, 1.54) is 0 Å². The summed E-state index contributed by atoms with van der Waals surface area (Å²) in [5, 5.41) is 14.1. The van der Waals surface area contributed by atoms with Crippen LogP contribution in [0.15, 0.2) is 78.9 Å². The minimum atomic E-state index is -0.411. The molecule has 1 aromatic heterocycles. The Balaban J connectivity index is 1.55. The van der Waals surface area contributed by atoms with Gasteiger partial charge >= 0.3 is 6.03 Å². The second-order valence-electron chi connectivity index (χ2n) is 10.9. The van der Waals surface area contributed by atoms with Crippen molar-refractivity contribution in [3.8, 4) is 11.1 Å². The fraction of sp³-hybridized carbons (Fsp3) is 0.333. The molecule has 3 atom stereocenters. The number of fused-ring (bicyclic) bond motifs is 5. The summed E-state index contributed by atoms with van der Waals surface area (Å²) in [4.78, 5) is 30.8. The van der Waals surface area contributed by atoms with E-state index in [4.69, 9.17) is 4.74 Å². The number of likely N-dealkylation sites (N-methyl/N-ethyl adjacent to an activating group) is 1. The van der Waals surface area contributed by atoms with Gasteiger partial charge in [0.2, 0.25) is 0 Å². The standard InChI is InChI=1S/C33H38N4O4/c1-22-18-37(23(2)20-38)32(39)31-30(27-16-10-11-17-28(27)36(31)4)26-15-9-8-12-24(26)21-41-29(22)19-35(3)33(40)34-25-13-6-5-7-14-25/h5-17,22-23,29,38H,18-21H2,1-4H3,(H,34,40)/t22-,23-,29+/m0/s1. The second kappa shape index (κ2) is 12.2. The van der Waals surface area contributed by atoms with Gasteiger partial charge in [-0.25, -0.2) is 4.79 Å². The average Bonchev–Trinajstić information content (AvgIpc) is 3.28. The van der Waals surface area contributed by atoms with E-state index in [2.05, 4.69) is 5.32 Å². The predicted octanol–water partition coefficient (Wildman–Crippen LogP) is 5.37. The molecule has 0 aliphatic carbocycles. The molecule has 2 heterocycles. The fourth-order valence-corrected chi connectivity index (χ4v) is 5.62. The molecule has 41 heavy (non-hydrogen) atoms. The van der Waals surface area contributed by atoms with Gasteiger partial charge in [0.1, 0.15) is 5.69 Å². The molecule has 8 nitrogen and oxygen atoms in total. The summed E-state index contributed by atoms with van der Waals surface area (Å²) < 4.78 is 8.55. The molecule has 0 spiro atoms. The molecule has 8 heteroatoms. The Labute approximate surface area is 241 Å². The quantitative estimate of drug-likeness (QED) is 0.347. The Bertz CT molecular complexity index is 1530. The van der Waals surface area contributed by atoms with Gasteiger partial charge in [0.25, 0.3) is 5.91 Å². The number of aliphatic hydroxyl groups excluding tert-OH is 1. The Morgan fingerprint density at radius 2 is 1.76 bits per heavy atom. The van der Waals surface area contributed by atoms with Crippen molar-refractivity contribution in [3.63, 3.8) is 0 Å². The number of hydrogen-bond acceptors (Lipinski definition) is 4. The Morgan fingerprint density at radius 1 is 1.07 bits per heavy atom. The van der Waals surface area contributed by atoms with Crippen molar-refractivity contribution < 1.29 is 19.4 Å². The van der Waals surface area contributed by atoms with Crippen LogP contribution >= 0.6 is 0 Å². The van der Waals surface area contributed by atoms with Gasteiger partial charge in [-0.15, -0.1) is 0 Å². The van der Waals surface area contributed by atoms with Crippen molar-refractivity contribution >= 4 is 28.5 Å². The van der Waals surface area contributed by atoms with Crippen LogP contribution in [0.25, 0.3) is 22.0 Å². The van der Waals surface area contributed by atoms with Crippen LogP contribution in [-0.4, -0.2) is 70.3 Å². The molecule has 0 radical (unpaired) electrons. The van der Waals surface area contributed by atoms with Crippen molar-refractivity contribution in [3.05, 3.63) is 90.1 Å². The van der Waals surface area contributed by atoms with Gasteiger partial charge in [-0.1, -0.05) is 67.6 Å². The fourth-order valence-electron chi connectivity index (χ4n) is 5.62. The third-order valence-corrected chi connectivity index (χ3v) is 8.05. The normalized spacial score (nSPS) is 18.3. The van der Waals surface area contributed by atoms with Crippen LogP contribution in [0.4, 0.5) is 10.5 Å². The zero-order valence-electron chi connectivity index (χ0n) is 24.1. The van der Waals surface area contributed by atoms with Crippen LogP contribution in [0.1, 0.15) is 29.9 Å². The largest absolute Gasteiger partial charge is 0.394 e. The zero-order chi connectivity index (χ0) is 29.1. The number of aryl methyl sites for hydroxylation is 1. The maximum atomic E-state index is 14.4. The van der Waals surface area contributed by atoms with Crippen LogP contribution in [0.3, 0.4) is 0 Å². The van der Waals surface area contributed by atoms with E-state index < -0.39 is 6.04 Å². The lowest BCUT2D eigenvalue weighted by Crippen LogP contribution is -2.48. The van der Waals surface area contributed by atoms with E-state index in [0.29, 0.717) is 31.1 Å². The molecule has 3 aromatic carbocycles. The second-order valence-corrected chi connectivity index (χ2v) is 10.9. The molecule has 0 saturated heterocycles. The Morgan fingerprint density at radius 3 is 2.51 bits per heavy atom. The first-order chi connectivity index (χ1) is 19.8. The van der Waals surface area contributed by atoms with Crippen LogP contribution in [-0.2, 0) is 18.4 Å². The molecule has 214 valence electrons. The van der Waals surface area contributed by atoms with Crippen molar-refractivity contribution in [1.82, 2.24) is 14.4 Å². The number of rotatable bonds is 5. The van der Waals surface area contributed by atoms with Gasteiger partial charge in [0, 0.05) is 55.3 Å². The number of amides is 3. The molecule has 5 rings (SSSR count). The number of para-hydroxylation sites is 2. The minimum Gasteiger partial charge on any atom is -0.394 e. The monoisotopic (exact) mass is 554 g/mol. The van der Waals surface area contributed by atoms with Crippen LogP contribution in [0.5, 0.6) is 0 Å². The molecule has 0 unspecified atom stereocenters. The van der Waals surface area contributed by atoms with Gasteiger partial charge in [0.05, 0.1) is 25.4 Å². The molecule has 0 bridgehead atoms. The lowest BCUT2D eigenvalue weighted by molar-refractivity contribution is -0.0179. The smallest absolute Gasteiger partial charge is 0.321 e. The number of carbonyl (C=O) groups excluding carboxylic acids is 2. The summed E-state index contributed by atoms with van der Waals surface area (Å²) in [7, 11) is 3.67. The van der Waals surface area contributed by atoms with Crippen molar-refractivity contribution in [1.29, 1.82) is 0 Å². The van der Waals surface area contributed by atoms with E-state index in [1.807, 2.05) is 104 Å². The first-order valence-electron chi connectivity index (χ1n) is 14.1. The Hall–Kier alpha value is -4.14. The van der Waals surface area contributed by atoms with Crippen LogP contribution in [0, 0.1) is 5.92 Å². The van der Waals surface area contributed by atoms with E-state index in [0.717, 1.165) is 27.6 Å².